The molecule has 0 spiro atoms. The maximum absolute atomic E-state index is 6.43. The highest BCUT2D eigenvalue weighted by atomic mass is 35.5. The van der Waals surface area contributed by atoms with Crippen LogP contribution in [0.15, 0.2) is 18.2 Å². The van der Waals surface area contributed by atoms with E-state index in [1.54, 1.807) is 0 Å². The number of nitrogens with zero attached hydrogens (tertiary/aromatic N) is 1. The summed E-state index contributed by atoms with van der Waals surface area (Å²) in [5.74, 6) is 0.844. The zero-order valence-electron chi connectivity index (χ0n) is 13.0. The summed E-state index contributed by atoms with van der Waals surface area (Å²) in [5.41, 5.74) is 2.57. The average molecular weight is 295 g/mol. The quantitative estimate of drug-likeness (QED) is 0.882. The molecule has 1 aromatic rings. The van der Waals surface area contributed by atoms with Crippen molar-refractivity contribution in [3.63, 3.8) is 0 Å². The number of nitrogens with one attached hydrogen (secondary N) is 1. The van der Waals surface area contributed by atoms with Crippen molar-refractivity contribution in [3.8, 4) is 0 Å². The number of halogens is 1. The molecule has 20 heavy (non-hydrogen) atoms. The fraction of sp³-hybridized carbons (Fsp3) is 0.647. The minimum atomic E-state index is 0.475. The van der Waals surface area contributed by atoms with Crippen LogP contribution >= 0.6 is 11.6 Å². The third-order valence-electron chi connectivity index (χ3n) is 4.14. The van der Waals surface area contributed by atoms with Crippen LogP contribution in [-0.4, -0.2) is 19.1 Å². The lowest BCUT2D eigenvalue weighted by Crippen LogP contribution is -2.28. The summed E-state index contributed by atoms with van der Waals surface area (Å²) in [7, 11) is 0. The SMILES string of the molecule is CC1CCCN(c2cccc(Cl)c2CNC(C)C)CC1. The van der Waals surface area contributed by atoms with Crippen molar-refractivity contribution in [1.82, 2.24) is 5.32 Å². The van der Waals surface area contributed by atoms with Gasteiger partial charge in [-0.15, -0.1) is 0 Å². The molecule has 2 nitrogen and oxygen atoms in total. The summed E-state index contributed by atoms with van der Waals surface area (Å²) in [6, 6.07) is 6.77. The molecular formula is C17H27ClN2. The molecule has 0 aromatic heterocycles. The summed E-state index contributed by atoms with van der Waals surface area (Å²) in [6.45, 7) is 9.85. The average Bonchev–Trinajstić information content (AvgIpc) is 2.62. The van der Waals surface area contributed by atoms with E-state index in [0.717, 1.165) is 30.6 Å². The summed E-state index contributed by atoms with van der Waals surface area (Å²) >= 11 is 6.43. The third kappa shape index (κ3) is 4.13. The van der Waals surface area contributed by atoms with E-state index < -0.39 is 0 Å². The van der Waals surface area contributed by atoms with Gasteiger partial charge in [0.1, 0.15) is 0 Å². The predicted molar refractivity (Wildman–Crippen MR) is 88.7 cm³/mol. The summed E-state index contributed by atoms with van der Waals surface area (Å²) in [5, 5.41) is 4.38. The summed E-state index contributed by atoms with van der Waals surface area (Å²) in [6.07, 6.45) is 3.91. The smallest absolute Gasteiger partial charge is 0.0471 e. The van der Waals surface area contributed by atoms with E-state index in [1.165, 1.54) is 30.5 Å². The van der Waals surface area contributed by atoms with Gasteiger partial charge in [0.2, 0.25) is 0 Å². The van der Waals surface area contributed by atoms with E-state index in [1.807, 2.05) is 6.07 Å². The van der Waals surface area contributed by atoms with Crippen LogP contribution in [0.1, 0.15) is 45.6 Å². The Balaban J connectivity index is 2.19. The monoisotopic (exact) mass is 294 g/mol. The van der Waals surface area contributed by atoms with Gasteiger partial charge in [0.05, 0.1) is 0 Å². The number of hydrogen-bond donors (Lipinski definition) is 1. The molecule has 1 unspecified atom stereocenters. The number of benzene rings is 1. The number of anilines is 1. The fourth-order valence-corrected chi connectivity index (χ4v) is 3.06. The highest BCUT2D eigenvalue weighted by Crippen LogP contribution is 2.30. The van der Waals surface area contributed by atoms with Crippen LogP contribution in [0.3, 0.4) is 0 Å². The summed E-state index contributed by atoms with van der Waals surface area (Å²) < 4.78 is 0. The van der Waals surface area contributed by atoms with E-state index in [2.05, 4.69) is 43.1 Å². The molecule has 0 aliphatic carbocycles. The van der Waals surface area contributed by atoms with Crippen molar-refractivity contribution >= 4 is 17.3 Å². The first-order valence-corrected chi connectivity index (χ1v) is 8.21. The van der Waals surface area contributed by atoms with Crippen molar-refractivity contribution in [2.24, 2.45) is 5.92 Å². The van der Waals surface area contributed by atoms with Gasteiger partial charge in [0.15, 0.2) is 0 Å². The molecule has 1 aliphatic rings. The fourth-order valence-electron chi connectivity index (χ4n) is 2.83. The zero-order valence-corrected chi connectivity index (χ0v) is 13.7. The van der Waals surface area contributed by atoms with Gasteiger partial charge in [0, 0.05) is 41.9 Å². The van der Waals surface area contributed by atoms with Gasteiger partial charge in [-0.25, -0.2) is 0 Å². The normalized spacial score (nSPS) is 20.2. The molecule has 1 N–H and O–H groups in total. The first-order chi connectivity index (χ1) is 9.58. The van der Waals surface area contributed by atoms with E-state index in [0.29, 0.717) is 6.04 Å². The van der Waals surface area contributed by atoms with Gasteiger partial charge < -0.3 is 10.2 Å². The summed E-state index contributed by atoms with van der Waals surface area (Å²) in [4.78, 5) is 2.52. The molecule has 0 radical (unpaired) electrons. The van der Waals surface area contributed by atoms with E-state index >= 15 is 0 Å². The Morgan fingerprint density at radius 1 is 1.30 bits per heavy atom. The molecule has 0 bridgehead atoms. The van der Waals surface area contributed by atoms with Gasteiger partial charge in [0.25, 0.3) is 0 Å². The molecule has 1 atom stereocenters. The topological polar surface area (TPSA) is 15.3 Å². The van der Waals surface area contributed by atoms with Crippen molar-refractivity contribution in [2.45, 2.75) is 52.6 Å². The molecule has 1 aromatic carbocycles. The van der Waals surface area contributed by atoms with Crippen molar-refractivity contribution in [2.75, 3.05) is 18.0 Å². The molecule has 0 saturated carbocycles. The van der Waals surface area contributed by atoms with Gasteiger partial charge in [-0.3, -0.25) is 0 Å². The number of hydrogen-bond acceptors (Lipinski definition) is 2. The molecule has 2 rings (SSSR count). The maximum atomic E-state index is 6.43. The van der Waals surface area contributed by atoms with Crippen molar-refractivity contribution in [3.05, 3.63) is 28.8 Å². The van der Waals surface area contributed by atoms with Crippen LogP contribution in [-0.2, 0) is 6.54 Å². The molecule has 3 heteroatoms. The van der Waals surface area contributed by atoms with Crippen LogP contribution in [0, 0.1) is 5.92 Å². The minimum absolute atomic E-state index is 0.475. The zero-order chi connectivity index (χ0) is 14.5. The standard InChI is InChI=1S/C17H27ClN2/c1-13(2)19-12-15-16(18)7-4-8-17(15)20-10-5-6-14(3)9-11-20/h4,7-8,13-14,19H,5-6,9-12H2,1-3H3. The van der Waals surface area contributed by atoms with Crippen molar-refractivity contribution < 1.29 is 0 Å². The Morgan fingerprint density at radius 2 is 2.10 bits per heavy atom. The van der Waals surface area contributed by atoms with Crippen LogP contribution in [0.25, 0.3) is 0 Å². The second-order valence-corrected chi connectivity index (χ2v) is 6.70. The highest BCUT2D eigenvalue weighted by molar-refractivity contribution is 6.31. The Morgan fingerprint density at radius 3 is 2.85 bits per heavy atom. The van der Waals surface area contributed by atoms with Crippen LogP contribution in [0.2, 0.25) is 5.02 Å². The minimum Gasteiger partial charge on any atom is -0.371 e. The third-order valence-corrected chi connectivity index (χ3v) is 4.49. The van der Waals surface area contributed by atoms with Crippen LogP contribution < -0.4 is 10.2 Å². The Kier molecular flexibility index (Phi) is 5.74. The van der Waals surface area contributed by atoms with Crippen LogP contribution in [0.4, 0.5) is 5.69 Å². The largest absolute Gasteiger partial charge is 0.371 e. The highest BCUT2D eigenvalue weighted by Gasteiger charge is 2.18. The first kappa shape index (κ1) is 15.7. The molecule has 1 heterocycles. The first-order valence-electron chi connectivity index (χ1n) is 7.83. The van der Waals surface area contributed by atoms with Crippen molar-refractivity contribution in [1.29, 1.82) is 0 Å². The second kappa shape index (κ2) is 7.33. The number of rotatable bonds is 4. The Labute approximate surface area is 128 Å². The second-order valence-electron chi connectivity index (χ2n) is 6.30. The Hall–Kier alpha value is -0.730. The lowest BCUT2D eigenvalue weighted by Gasteiger charge is -2.26. The maximum Gasteiger partial charge on any atom is 0.0471 e. The van der Waals surface area contributed by atoms with Gasteiger partial charge in [-0.2, -0.15) is 0 Å². The van der Waals surface area contributed by atoms with E-state index in [4.69, 9.17) is 11.6 Å². The lowest BCUT2D eigenvalue weighted by molar-refractivity contribution is 0.521. The Bertz CT molecular complexity index is 431. The molecule has 1 saturated heterocycles. The van der Waals surface area contributed by atoms with Gasteiger partial charge in [-0.1, -0.05) is 38.4 Å². The molecule has 0 amide bonds. The molecule has 1 fully saturated rings. The predicted octanol–water partition coefficient (Wildman–Crippen LogP) is 4.46. The lowest BCUT2D eigenvalue weighted by atomic mass is 10.0. The van der Waals surface area contributed by atoms with Crippen LogP contribution in [0.5, 0.6) is 0 Å². The van der Waals surface area contributed by atoms with Gasteiger partial charge >= 0.3 is 0 Å². The molecule has 1 aliphatic heterocycles. The molecular weight excluding hydrogens is 268 g/mol. The van der Waals surface area contributed by atoms with Gasteiger partial charge in [-0.05, 0) is 37.3 Å². The van der Waals surface area contributed by atoms with E-state index in [9.17, 15) is 0 Å². The molecule has 112 valence electrons. The van der Waals surface area contributed by atoms with E-state index in [-0.39, 0.29) is 0 Å².